The number of hydrogen-bond donors (Lipinski definition) is 2. The van der Waals surface area contributed by atoms with Gasteiger partial charge < -0.3 is 15.4 Å². The van der Waals surface area contributed by atoms with Crippen molar-refractivity contribution in [1.29, 1.82) is 0 Å². The molecule has 0 aliphatic carbocycles. The van der Waals surface area contributed by atoms with Gasteiger partial charge in [0.05, 0.1) is 12.8 Å². The average Bonchev–Trinajstić information content (AvgIpc) is 2.98. The lowest BCUT2D eigenvalue weighted by molar-refractivity contribution is -0.134. The van der Waals surface area contributed by atoms with Crippen LogP contribution in [0, 0.1) is 12.7 Å². The molecule has 2 aromatic carbocycles. The third-order valence-electron chi connectivity index (χ3n) is 5.35. The predicted octanol–water partition coefficient (Wildman–Crippen LogP) is 3.72. The predicted molar refractivity (Wildman–Crippen MR) is 114 cm³/mol. The summed E-state index contributed by atoms with van der Waals surface area (Å²) in [7, 11) is 1.49. The van der Waals surface area contributed by atoms with Gasteiger partial charge in [0.2, 0.25) is 5.91 Å². The zero-order valence-corrected chi connectivity index (χ0v) is 17.8. The fraction of sp³-hybridized carbons (Fsp3) is 0.348. The van der Waals surface area contributed by atoms with Gasteiger partial charge >= 0.3 is 6.03 Å². The molecule has 3 rings (SSSR count). The maximum Gasteiger partial charge on any atom is 0.325 e. The van der Waals surface area contributed by atoms with Crippen LogP contribution in [0.2, 0.25) is 0 Å². The molecule has 31 heavy (non-hydrogen) atoms. The summed E-state index contributed by atoms with van der Waals surface area (Å²) in [6, 6.07) is 10.1. The van der Waals surface area contributed by atoms with Crippen molar-refractivity contribution in [3.8, 4) is 5.75 Å². The molecule has 0 saturated carbocycles. The Morgan fingerprint density at radius 1 is 1.19 bits per heavy atom. The van der Waals surface area contributed by atoms with Crippen molar-refractivity contribution in [2.24, 2.45) is 0 Å². The fourth-order valence-electron chi connectivity index (χ4n) is 3.71. The zero-order valence-electron chi connectivity index (χ0n) is 17.8. The van der Waals surface area contributed by atoms with Crippen LogP contribution in [-0.4, -0.2) is 36.4 Å². The van der Waals surface area contributed by atoms with Crippen molar-refractivity contribution >= 4 is 23.5 Å². The molecule has 1 aliphatic heterocycles. The van der Waals surface area contributed by atoms with Crippen molar-refractivity contribution in [3.05, 3.63) is 59.4 Å². The third-order valence-corrected chi connectivity index (χ3v) is 5.35. The van der Waals surface area contributed by atoms with E-state index >= 15 is 0 Å². The highest BCUT2D eigenvalue weighted by atomic mass is 19.1. The second-order valence-corrected chi connectivity index (χ2v) is 7.59. The summed E-state index contributed by atoms with van der Waals surface area (Å²) < 4.78 is 18.7. The van der Waals surface area contributed by atoms with Crippen LogP contribution in [0.1, 0.15) is 37.3 Å². The van der Waals surface area contributed by atoms with E-state index in [1.165, 1.54) is 31.4 Å². The number of aryl methyl sites for hydroxylation is 1. The minimum Gasteiger partial charge on any atom is -0.495 e. The number of benzene rings is 2. The normalized spacial score (nSPS) is 18.1. The number of imide groups is 1. The first-order valence-corrected chi connectivity index (χ1v) is 10.2. The van der Waals surface area contributed by atoms with Crippen molar-refractivity contribution in [3.63, 3.8) is 0 Å². The molecule has 0 bridgehead atoms. The van der Waals surface area contributed by atoms with Crippen molar-refractivity contribution in [1.82, 2.24) is 10.2 Å². The van der Waals surface area contributed by atoms with Crippen molar-refractivity contribution in [2.45, 2.75) is 38.6 Å². The molecule has 1 unspecified atom stereocenters. The number of carbonyl (C=O) groups excluding carboxylic acids is 3. The molecule has 1 fully saturated rings. The Labute approximate surface area is 180 Å². The molecule has 1 atom stereocenters. The fourth-order valence-corrected chi connectivity index (χ4v) is 3.71. The summed E-state index contributed by atoms with van der Waals surface area (Å²) in [5, 5.41) is 5.45. The Kier molecular flexibility index (Phi) is 6.58. The maximum absolute atomic E-state index is 13.4. The van der Waals surface area contributed by atoms with E-state index in [2.05, 4.69) is 10.6 Å². The first kappa shape index (κ1) is 22.3. The molecule has 0 radical (unpaired) electrons. The van der Waals surface area contributed by atoms with Gasteiger partial charge in [-0.05, 0) is 48.7 Å². The van der Waals surface area contributed by atoms with Gasteiger partial charge in [-0.15, -0.1) is 0 Å². The zero-order chi connectivity index (χ0) is 22.6. The number of methoxy groups -OCH3 is 1. The minimum absolute atomic E-state index is 0.351. The van der Waals surface area contributed by atoms with Crippen LogP contribution in [0.4, 0.5) is 14.9 Å². The number of urea groups is 1. The van der Waals surface area contributed by atoms with E-state index < -0.39 is 35.7 Å². The Morgan fingerprint density at radius 2 is 1.90 bits per heavy atom. The summed E-state index contributed by atoms with van der Waals surface area (Å²) >= 11 is 0. The lowest BCUT2D eigenvalue weighted by Crippen LogP contribution is -2.44. The van der Waals surface area contributed by atoms with E-state index in [-0.39, 0.29) is 0 Å². The topological polar surface area (TPSA) is 87.7 Å². The number of ether oxygens (including phenoxy) is 1. The van der Waals surface area contributed by atoms with Gasteiger partial charge in [0.1, 0.15) is 23.7 Å². The summed E-state index contributed by atoms with van der Waals surface area (Å²) in [6.07, 6.45) is 1.83. The molecule has 2 aromatic rings. The van der Waals surface area contributed by atoms with Crippen LogP contribution >= 0.6 is 0 Å². The Hall–Kier alpha value is -3.42. The summed E-state index contributed by atoms with van der Waals surface area (Å²) in [6.45, 7) is 3.40. The van der Waals surface area contributed by atoms with E-state index in [9.17, 15) is 18.8 Å². The lowest BCUT2D eigenvalue weighted by Gasteiger charge is -2.27. The second-order valence-electron chi connectivity index (χ2n) is 7.59. The molecule has 4 amide bonds. The highest BCUT2D eigenvalue weighted by Crippen LogP contribution is 2.34. The molecule has 8 heteroatoms. The molecule has 164 valence electrons. The number of halogens is 1. The van der Waals surface area contributed by atoms with Crippen molar-refractivity contribution in [2.75, 3.05) is 19.0 Å². The van der Waals surface area contributed by atoms with Crippen LogP contribution in [0.5, 0.6) is 5.75 Å². The van der Waals surface area contributed by atoms with E-state index in [0.29, 0.717) is 29.8 Å². The lowest BCUT2D eigenvalue weighted by atomic mass is 9.85. The Balaban J connectivity index is 1.83. The number of hydrogen-bond acceptors (Lipinski definition) is 4. The third kappa shape index (κ3) is 4.52. The number of anilines is 1. The number of amides is 4. The highest BCUT2D eigenvalue weighted by molar-refractivity contribution is 6.10. The Bertz CT molecular complexity index is 993. The molecule has 0 aromatic heterocycles. The first-order chi connectivity index (χ1) is 14.8. The largest absolute Gasteiger partial charge is 0.495 e. The average molecular weight is 427 g/mol. The van der Waals surface area contributed by atoms with Crippen molar-refractivity contribution < 1.29 is 23.5 Å². The quantitative estimate of drug-likeness (QED) is 0.629. The van der Waals surface area contributed by atoms with Crippen LogP contribution in [-0.2, 0) is 15.1 Å². The summed E-state index contributed by atoms with van der Waals surface area (Å²) in [5.41, 5.74) is 0.544. The van der Waals surface area contributed by atoms with Gasteiger partial charge in [-0.1, -0.05) is 38.0 Å². The van der Waals surface area contributed by atoms with Gasteiger partial charge in [0.15, 0.2) is 0 Å². The molecule has 1 aliphatic rings. The first-order valence-electron chi connectivity index (χ1n) is 10.2. The van der Waals surface area contributed by atoms with Gasteiger partial charge in [0, 0.05) is 0 Å². The van der Waals surface area contributed by atoms with Crippen LogP contribution in [0.25, 0.3) is 0 Å². The molecule has 0 spiro atoms. The molecular formula is C23H26FN3O4. The smallest absolute Gasteiger partial charge is 0.325 e. The molecule has 2 N–H and O–H groups in total. The standard InChI is InChI=1S/C23H26FN3O4/c1-4-5-12-23(16-7-9-17(24)10-8-16)21(29)27(22(30)26-23)14-20(28)25-18-13-15(2)6-11-19(18)31-3/h6-11,13H,4-5,12,14H2,1-3H3,(H,25,28)(H,26,30). The van der Waals surface area contributed by atoms with E-state index in [1.807, 2.05) is 19.9 Å². The number of carbonyl (C=O) groups is 3. The molecular weight excluding hydrogens is 401 g/mol. The second kappa shape index (κ2) is 9.16. The van der Waals surface area contributed by atoms with Gasteiger partial charge in [0.25, 0.3) is 5.91 Å². The maximum atomic E-state index is 13.4. The van der Waals surface area contributed by atoms with E-state index in [0.717, 1.165) is 16.9 Å². The van der Waals surface area contributed by atoms with Crippen LogP contribution in [0.15, 0.2) is 42.5 Å². The highest BCUT2D eigenvalue weighted by Gasteiger charge is 2.52. The van der Waals surface area contributed by atoms with E-state index in [1.54, 1.807) is 12.1 Å². The van der Waals surface area contributed by atoms with E-state index in [4.69, 9.17) is 4.74 Å². The molecule has 7 nitrogen and oxygen atoms in total. The minimum atomic E-state index is -1.32. The van der Waals surface area contributed by atoms with Crippen LogP contribution < -0.4 is 15.4 Å². The summed E-state index contributed by atoms with van der Waals surface area (Å²) in [4.78, 5) is 39.6. The number of rotatable bonds is 8. The van der Waals surface area contributed by atoms with Crippen LogP contribution in [0.3, 0.4) is 0 Å². The monoisotopic (exact) mass is 427 g/mol. The number of unbranched alkanes of at least 4 members (excludes halogenated alkanes) is 1. The Morgan fingerprint density at radius 3 is 2.55 bits per heavy atom. The number of nitrogens with zero attached hydrogens (tertiary/aromatic N) is 1. The molecule has 1 saturated heterocycles. The van der Waals surface area contributed by atoms with Gasteiger partial charge in [-0.25, -0.2) is 9.18 Å². The summed E-state index contributed by atoms with van der Waals surface area (Å²) in [5.74, 6) is -1.02. The van der Waals surface area contributed by atoms with Gasteiger partial charge in [-0.2, -0.15) is 0 Å². The SMILES string of the molecule is CCCCC1(c2ccc(F)cc2)NC(=O)N(CC(=O)Nc2cc(C)ccc2OC)C1=O. The van der Waals surface area contributed by atoms with Gasteiger partial charge in [-0.3, -0.25) is 14.5 Å². The molecule has 1 heterocycles. The number of nitrogens with one attached hydrogen (secondary N) is 2.